The summed E-state index contributed by atoms with van der Waals surface area (Å²) in [5.74, 6) is -1.98. The van der Waals surface area contributed by atoms with Crippen molar-refractivity contribution in [3.63, 3.8) is 0 Å². The Hall–Kier alpha value is -1.42. The number of methoxy groups -OCH3 is 4. The van der Waals surface area contributed by atoms with Crippen molar-refractivity contribution in [2.45, 2.75) is 75.1 Å². The van der Waals surface area contributed by atoms with Gasteiger partial charge < -0.3 is 53.8 Å². The largest absolute Gasteiger partial charge is 0.481 e. The van der Waals surface area contributed by atoms with Crippen molar-refractivity contribution in [3.8, 4) is 0 Å². The molecule has 13 heteroatoms. The topological polar surface area (TPSA) is 171 Å². The second-order valence-corrected chi connectivity index (χ2v) is 8.32. The average Bonchev–Trinajstić information content (AvgIpc) is 2.81. The first kappa shape index (κ1) is 28.8. The molecule has 198 valence electrons. The maximum atomic E-state index is 11.9. The molecule has 2 saturated heterocycles. The van der Waals surface area contributed by atoms with Crippen LogP contribution >= 0.6 is 0 Å². The van der Waals surface area contributed by atoms with E-state index in [0.29, 0.717) is 0 Å². The van der Waals surface area contributed by atoms with Gasteiger partial charge in [-0.3, -0.25) is 9.59 Å². The van der Waals surface area contributed by atoms with Crippen LogP contribution in [0.15, 0.2) is 0 Å². The lowest BCUT2D eigenvalue weighted by Crippen LogP contribution is -2.64. The number of carbonyl (C=O) groups is 2. The van der Waals surface area contributed by atoms with Crippen molar-refractivity contribution in [1.29, 1.82) is 0 Å². The van der Waals surface area contributed by atoms with Crippen LogP contribution in [0.25, 0.3) is 0 Å². The number of ether oxygens (including phenoxy) is 7. The van der Waals surface area contributed by atoms with E-state index in [4.69, 9.17) is 38.3 Å². The lowest BCUT2D eigenvalue weighted by molar-refractivity contribution is -0.355. The number of hydrogen-bond acceptors (Lipinski definition) is 11. The number of carboxylic acids is 1. The zero-order valence-electron chi connectivity index (χ0n) is 20.1. The highest BCUT2D eigenvalue weighted by Crippen LogP contribution is 2.33. The first-order valence-corrected chi connectivity index (χ1v) is 11.1. The van der Waals surface area contributed by atoms with Crippen LogP contribution in [0.1, 0.15) is 19.8 Å². The molecule has 10 atom stereocenters. The van der Waals surface area contributed by atoms with Crippen LogP contribution in [-0.4, -0.2) is 124 Å². The Morgan fingerprint density at radius 2 is 1.47 bits per heavy atom. The average molecular weight is 496 g/mol. The molecule has 2 heterocycles. The highest BCUT2D eigenvalue weighted by Gasteiger charge is 2.51. The normalized spacial score (nSPS) is 38.4. The van der Waals surface area contributed by atoms with Gasteiger partial charge in [-0.05, 0) is 0 Å². The molecule has 2 aliphatic heterocycles. The van der Waals surface area contributed by atoms with Crippen LogP contribution in [0.2, 0.25) is 0 Å². The summed E-state index contributed by atoms with van der Waals surface area (Å²) in [6.45, 7) is 1.83. The molecule has 2 rings (SSSR count). The second-order valence-electron chi connectivity index (χ2n) is 8.32. The summed E-state index contributed by atoms with van der Waals surface area (Å²) >= 11 is 0. The molecular formula is C21H37NO12. The lowest BCUT2D eigenvalue weighted by Gasteiger charge is -2.47. The van der Waals surface area contributed by atoms with Gasteiger partial charge in [-0.2, -0.15) is 0 Å². The van der Waals surface area contributed by atoms with Gasteiger partial charge in [0.05, 0.1) is 25.2 Å². The third-order valence-corrected chi connectivity index (χ3v) is 6.12. The predicted octanol–water partition coefficient (Wildman–Crippen LogP) is -1.52. The fourth-order valence-electron chi connectivity index (χ4n) is 4.13. The van der Waals surface area contributed by atoms with Crippen molar-refractivity contribution in [3.05, 3.63) is 0 Å². The highest BCUT2D eigenvalue weighted by molar-refractivity contribution is 5.80. The zero-order valence-corrected chi connectivity index (χ0v) is 20.1. The number of aliphatic hydroxyl groups is 2. The quantitative estimate of drug-likeness (QED) is 0.247. The van der Waals surface area contributed by atoms with E-state index in [9.17, 15) is 19.8 Å². The van der Waals surface area contributed by atoms with Crippen LogP contribution < -0.4 is 5.32 Å². The maximum Gasteiger partial charge on any atom is 0.303 e. The summed E-state index contributed by atoms with van der Waals surface area (Å²) in [7, 11) is 5.70. The minimum Gasteiger partial charge on any atom is -0.481 e. The summed E-state index contributed by atoms with van der Waals surface area (Å²) < 4.78 is 39.2. The van der Waals surface area contributed by atoms with Crippen molar-refractivity contribution in [2.24, 2.45) is 5.92 Å². The Morgan fingerprint density at radius 3 is 2.03 bits per heavy atom. The third-order valence-electron chi connectivity index (χ3n) is 6.12. The summed E-state index contributed by atoms with van der Waals surface area (Å²) in [5.41, 5.74) is 0. The Labute approximate surface area is 198 Å². The summed E-state index contributed by atoms with van der Waals surface area (Å²) in [4.78, 5) is 22.6. The molecule has 0 bridgehead atoms. The minimum atomic E-state index is -1.18. The number of hydrogen-bond donors (Lipinski definition) is 4. The van der Waals surface area contributed by atoms with Gasteiger partial charge >= 0.3 is 5.97 Å². The Kier molecular flexibility index (Phi) is 11.5. The molecule has 0 spiro atoms. The fourth-order valence-corrected chi connectivity index (χ4v) is 4.13. The van der Waals surface area contributed by atoms with Gasteiger partial charge in [0.25, 0.3) is 0 Å². The molecule has 0 saturated carbocycles. The van der Waals surface area contributed by atoms with Crippen LogP contribution in [0, 0.1) is 5.92 Å². The van der Waals surface area contributed by atoms with Crippen LogP contribution in [0.5, 0.6) is 0 Å². The molecule has 0 aromatic carbocycles. The van der Waals surface area contributed by atoms with Crippen LogP contribution in [0.3, 0.4) is 0 Å². The van der Waals surface area contributed by atoms with Gasteiger partial charge in [-0.15, -0.1) is 0 Å². The van der Waals surface area contributed by atoms with Gasteiger partial charge in [0.1, 0.15) is 30.5 Å². The molecule has 2 aliphatic rings. The second kappa shape index (κ2) is 13.6. The number of aliphatic carboxylic acids is 1. The SMILES string of the molecule is COCC1O[C@H](OC)C(OC)[C@@H](O)[C@@H]1O[C@H]1OC(CNC(=O)CCC(=O)O)[C@@H](C)[C@H](O)C1OC. The van der Waals surface area contributed by atoms with E-state index < -0.39 is 73.1 Å². The molecule has 0 aromatic rings. The summed E-state index contributed by atoms with van der Waals surface area (Å²) in [6, 6.07) is 0. The van der Waals surface area contributed by atoms with Gasteiger partial charge in [-0.1, -0.05) is 6.92 Å². The number of nitrogens with one attached hydrogen (secondary N) is 1. The summed E-state index contributed by atoms with van der Waals surface area (Å²) in [5, 5.41) is 33.1. The third kappa shape index (κ3) is 7.06. The lowest BCUT2D eigenvalue weighted by atomic mass is 9.90. The first-order valence-electron chi connectivity index (χ1n) is 11.1. The smallest absolute Gasteiger partial charge is 0.303 e. The van der Waals surface area contributed by atoms with Crippen molar-refractivity contribution < 1.29 is 58.1 Å². The molecule has 13 nitrogen and oxygen atoms in total. The number of carboxylic acid groups (broad SMARTS) is 1. The molecule has 0 aromatic heterocycles. The zero-order chi connectivity index (χ0) is 25.4. The standard InChI is InChI=1S/C21H37NO12/c1-10-11(8-22-13(23)6-7-14(24)25)32-21(18(29-3)15(10)26)34-17-12(9-28-2)33-20(31-5)19(30-4)16(17)27/h10-12,15-21,26-27H,6-9H2,1-5H3,(H,22,23)(H,24,25)/t10-,11?,12?,15+,16+,17-,18?,19?,20+,21-/m1/s1. The van der Waals surface area contributed by atoms with E-state index >= 15 is 0 Å². The Morgan fingerprint density at radius 1 is 0.853 bits per heavy atom. The Balaban J connectivity index is 2.14. The number of rotatable bonds is 12. The van der Waals surface area contributed by atoms with Gasteiger partial charge in [0.2, 0.25) is 5.91 Å². The van der Waals surface area contributed by atoms with Crippen molar-refractivity contribution in [1.82, 2.24) is 5.32 Å². The van der Waals surface area contributed by atoms with E-state index in [0.717, 1.165) is 0 Å². The van der Waals surface area contributed by atoms with Gasteiger partial charge in [0.15, 0.2) is 12.6 Å². The molecule has 1 amide bonds. The van der Waals surface area contributed by atoms with Crippen molar-refractivity contribution >= 4 is 11.9 Å². The van der Waals surface area contributed by atoms with Crippen LogP contribution in [-0.2, 0) is 42.7 Å². The molecule has 0 radical (unpaired) electrons. The monoisotopic (exact) mass is 495 g/mol. The van der Waals surface area contributed by atoms with E-state index in [1.807, 2.05) is 0 Å². The summed E-state index contributed by atoms with van der Waals surface area (Å²) in [6.07, 6.45) is -8.82. The number of aliphatic hydroxyl groups excluding tert-OH is 2. The van der Waals surface area contributed by atoms with E-state index in [2.05, 4.69) is 5.32 Å². The first-order chi connectivity index (χ1) is 16.2. The molecule has 4 unspecified atom stereocenters. The van der Waals surface area contributed by atoms with E-state index in [1.165, 1.54) is 28.4 Å². The molecule has 2 fully saturated rings. The number of amides is 1. The van der Waals surface area contributed by atoms with E-state index in [-0.39, 0.29) is 26.0 Å². The number of carbonyl (C=O) groups excluding carboxylic acids is 1. The minimum absolute atomic E-state index is 0.0185. The van der Waals surface area contributed by atoms with Gasteiger partial charge in [0, 0.05) is 47.3 Å². The van der Waals surface area contributed by atoms with E-state index in [1.54, 1.807) is 6.92 Å². The fraction of sp³-hybridized carbons (Fsp3) is 0.905. The predicted molar refractivity (Wildman–Crippen MR) is 114 cm³/mol. The molecule has 0 aliphatic carbocycles. The molecule has 4 N–H and O–H groups in total. The van der Waals surface area contributed by atoms with Crippen LogP contribution in [0.4, 0.5) is 0 Å². The highest BCUT2D eigenvalue weighted by atomic mass is 16.7. The van der Waals surface area contributed by atoms with Gasteiger partial charge in [-0.25, -0.2) is 0 Å². The molecule has 34 heavy (non-hydrogen) atoms. The maximum absolute atomic E-state index is 11.9. The molecular weight excluding hydrogens is 458 g/mol. The Bertz CT molecular complexity index is 649. The van der Waals surface area contributed by atoms with Crippen molar-refractivity contribution in [2.75, 3.05) is 41.6 Å².